The van der Waals surface area contributed by atoms with Gasteiger partial charge >= 0.3 is 6.03 Å². The second kappa shape index (κ2) is 8.31. The van der Waals surface area contributed by atoms with Gasteiger partial charge in [0.1, 0.15) is 4.32 Å². The lowest BCUT2D eigenvalue weighted by atomic mass is 10.1. The van der Waals surface area contributed by atoms with Gasteiger partial charge in [-0.3, -0.25) is 9.69 Å². The number of carbonyl (C=O) groups is 2. The molecule has 5 nitrogen and oxygen atoms in total. The highest BCUT2D eigenvalue weighted by molar-refractivity contribution is 8.23. The molecule has 1 atom stereocenters. The average molecular weight is 352 g/mol. The van der Waals surface area contributed by atoms with Crippen molar-refractivity contribution in [1.82, 2.24) is 15.1 Å². The maximum atomic E-state index is 12.5. The predicted octanol–water partition coefficient (Wildman–Crippen LogP) is 1.89. The molecule has 2 aliphatic rings. The minimum atomic E-state index is -0.138. The van der Waals surface area contributed by atoms with E-state index in [-0.39, 0.29) is 42.8 Å². The average Bonchev–Trinajstić information content (AvgIpc) is 3.05. The van der Waals surface area contributed by atoms with Crippen molar-refractivity contribution in [2.45, 2.75) is 38.8 Å². The number of rotatable bonds is 4. The van der Waals surface area contributed by atoms with Crippen LogP contribution in [0.15, 0.2) is 0 Å². The molecule has 0 saturated carbocycles. The fourth-order valence-electron chi connectivity index (χ4n) is 2.43. The van der Waals surface area contributed by atoms with Gasteiger partial charge in [-0.15, -0.1) is 12.4 Å². The molecule has 0 aliphatic carbocycles. The van der Waals surface area contributed by atoms with E-state index in [1.54, 1.807) is 9.80 Å². The number of nitrogens with zero attached hydrogens (tertiary/aromatic N) is 2. The number of nitrogens with one attached hydrogen (secondary N) is 1. The van der Waals surface area contributed by atoms with E-state index in [1.165, 1.54) is 11.8 Å². The van der Waals surface area contributed by atoms with Crippen molar-refractivity contribution in [3.63, 3.8) is 0 Å². The number of ketones is 1. The van der Waals surface area contributed by atoms with Crippen molar-refractivity contribution in [3.8, 4) is 0 Å². The molecule has 120 valence electrons. The van der Waals surface area contributed by atoms with Gasteiger partial charge in [-0.05, 0) is 33.2 Å². The molecule has 2 saturated heterocycles. The zero-order chi connectivity index (χ0) is 14.7. The Balaban J connectivity index is 0.00000220. The Kier molecular flexibility index (Phi) is 7.39. The molecule has 21 heavy (non-hydrogen) atoms. The van der Waals surface area contributed by atoms with Crippen molar-refractivity contribution in [2.24, 2.45) is 0 Å². The van der Waals surface area contributed by atoms with Crippen LogP contribution in [0.1, 0.15) is 26.7 Å². The number of thioether (sulfide) groups is 1. The van der Waals surface area contributed by atoms with Crippen molar-refractivity contribution in [1.29, 1.82) is 0 Å². The van der Waals surface area contributed by atoms with Gasteiger partial charge in [0.2, 0.25) is 0 Å². The Morgan fingerprint density at radius 3 is 2.71 bits per heavy atom. The first kappa shape index (κ1) is 18.7. The molecule has 0 aromatic heterocycles. The molecule has 0 radical (unpaired) electrons. The monoisotopic (exact) mass is 351 g/mol. The molecule has 2 fully saturated rings. The maximum Gasteiger partial charge on any atom is 0.326 e. The van der Waals surface area contributed by atoms with Gasteiger partial charge in [-0.25, -0.2) is 4.79 Å². The van der Waals surface area contributed by atoms with E-state index >= 15 is 0 Å². The first-order chi connectivity index (χ1) is 9.50. The first-order valence-corrected chi connectivity index (χ1v) is 8.41. The largest absolute Gasteiger partial charge is 0.326 e. The molecule has 2 heterocycles. The number of hydrogen-bond acceptors (Lipinski definition) is 5. The predicted molar refractivity (Wildman–Crippen MR) is 92.3 cm³/mol. The highest BCUT2D eigenvalue weighted by atomic mass is 35.5. The summed E-state index contributed by atoms with van der Waals surface area (Å²) in [5, 5.41) is 3.19. The van der Waals surface area contributed by atoms with Crippen LogP contribution in [0.4, 0.5) is 4.79 Å². The fourth-order valence-corrected chi connectivity index (χ4v) is 3.62. The molecule has 0 aromatic carbocycles. The molecule has 0 aromatic rings. The Morgan fingerprint density at radius 2 is 2.24 bits per heavy atom. The maximum absolute atomic E-state index is 12.5. The third-order valence-electron chi connectivity index (χ3n) is 3.64. The second-order valence-electron chi connectivity index (χ2n) is 5.39. The number of Topliss-reactive ketones (excluding diaryl/α,β-unsaturated/α-hetero) is 1. The second-order valence-corrected chi connectivity index (χ2v) is 7.11. The van der Waals surface area contributed by atoms with E-state index < -0.39 is 0 Å². The molecular formula is C13H22ClN3O2S2. The summed E-state index contributed by atoms with van der Waals surface area (Å²) < 4.78 is 0.618. The number of amides is 2. The minimum absolute atomic E-state index is 0. The normalized spacial score (nSPS) is 21.6. The van der Waals surface area contributed by atoms with Crippen molar-refractivity contribution in [3.05, 3.63) is 0 Å². The standard InChI is InChI=1S/C13H21N3O2S2.ClH/c1-9(2)16(8-11(17)10-4-3-5-14-10)12(18)15-6-7-20-13(15)19;/h9-10,14H,3-8H2,1-2H3;1H/t10-;/m0./s1. The summed E-state index contributed by atoms with van der Waals surface area (Å²) in [5.41, 5.74) is 0. The first-order valence-electron chi connectivity index (χ1n) is 7.01. The SMILES string of the molecule is CC(C)N(CC(=O)[C@@H]1CCCN1)C(=O)N1CCSC1=S.Cl. The van der Waals surface area contributed by atoms with Crippen LogP contribution in [0.25, 0.3) is 0 Å². The summed E-state index contributed by atoms with van der Waals surface area (Å²) in [6.07, 6.45) is 1.90. The highest BCUT2D eigenvalue weighted by Gasteiger charge is 2.32. The van der Waals surface area contributed by atoms with E-state index in [0.717, 1.165) is 25.1 Å². The summed E-state index contributed by atoms with van der Waals surface area (Å²) in [6, 6.07) is -0.244. The number of halogens is 1. The summed E-state index contributed by atoms with van der Waals surface area (Å²) in [6.45, 7) is 5.55. The number of urea groups is 1. The molecule has 2 rings (SSSR count). The zero-order valence-electron chi connectivity index (χ0n) is 12.3. The fraction of sp³-hybridized carbons (Fsp3) is 0.769. The molecule has 2 amide bonds. The van der Waals surface area contributed by atoms with Gasteiger partial charge in [0.15, 0.2) is 5.78 Å². The molecule has 0 spiro atoms. The van der Waals surface area contributed by atoms with Crippen LogP contribution < -0.4 is 5.32 Å². The smallest absolute Gasteiger partial charge is 0.315 e. The lowest BCUT2D eigenvalue weighted by Crippen LogP contribution is -2.50. The van der Waals surface area contributed by atoms with Crippen LogP contribution >= 0.6 is 36.4 Å². The molecule has 0 unspecified atom stereocenters. The van der Waals surface area contributed by atoms with E-state index in [0.29, 0.717) is 10.9 Å². The summed E-state index contributed by atoms with van der Waals surface area (Å²) in [4.78, 5) is 28.0. The van der Waals surface area contributed by atoms with Gasteiger partial charge in [0.05, 0.1) is 12.6 Å². The van der Waals surface area contributed by atoms with E-state index in [4.69, 9.17) is 12.2 Å². The summed E-state index contributed by atoms with van der Waals surface area (Å²) >= 11 is 6.71. The Labute approximate surface area is 141 Å². The van der Waals surface area contributed by atoms with Crippen LogP contribution in [-0.4, -0.2) is 63.4 Å². The zero-order valence-corrected chi connectivity index (χ0v) is 14.8. The van der Waals surface area contributed by atoms with Crippen molar-refractivity contribution in [2.75, 3.05) is 25.4 Å². The third kappa shape index (κ3) is 4.55. The minimum Gasteiger partial charge on any atom is -0.315 e. The number of hydrogen-bond donors (Lipinski definition) is 1. The van der Waals surface area contributed by atoms with E-state index in [1.807, 2.05) is 13.8 Å². The third-order valence-corrected chi connectivity index (χ3v) is 5.06. The van der Waals surface area contributed by atoms with Gasteiger partial charge in [0.25, 0.3) is 0 Å². The van der Waals surface area contributed by atoms with Crippen molar-refractivity contribution >= 4 is 52.5 Å². The Hall–Kier alpha value is -0.370. The van der Waals surface area contributed by atoms with Crippen LogP contribution in [0.5, 0.6) is 0 Å². The highest BCUT2D eigenvalue weighted by Crippen LogP contribution is 2.20. The quantitative estimate of drug-likeness (QED) is 0.784. The molecular weight excluding hydrogens is 330 g/mol. The topological polar surface area (TPSA) is 52.7 Å². The van der Waals surface area contributed by atoms with Gasteiger partial charge in [-0.1, -0.05) is 24.0 Å². The van der Waals surface area contributed by atoms with Crippen LogP contribution in [0, 0.1) is 0 Å². The lowest BCUT2D eigenvalue weighted by Gasteiger charge is -2.30. The van der Waals surface area contributed by atoms with Crippen LogP contribution in [0.2, 0.25) is 0 Å². The van der Waals surface area contributed by atoms with E-state index in [2.05, 4.69) is 5.32 Å². The van der Waals surface area contributed by atoms with Crippen molar-refractivity contribution < 1.29 is 9.59 Å². The molecule has 1 N–H and O–H groups in total. The number of carbonyl (C=O) groups excluding carboxylic acids is 2. The Bertz CT molecular complexity index is 414. The summed E-state index contributed by atoms with van der Waals surface area (Å²) in [5.74, 6) is 0.941. The van der Waals surface area contributed by atoms with Gasteiger partial charge in [-0.2, -0.15) is 0 Å². The van der Waals surface area contributed by atoms with Gasteiger partial charge in [0, 0.05) is 18.3 Å². The molecule has 0 bridgehead atoms. The number of thiocarbonyl (C=S) groups is 1. The van der Waals surface area contributed by atoms with Crippen LogP contribution in [0.3, 0.4) is 0 Å². The molecule has 8 heteroatoms. The molecule has 2 aliphatic heterocycles. The Morgan fingerprint density at radius 1 is 1.52 bits per heavy atom. The summed E-state index contributed by atoms with van der Waals surface area (Å²) in [7, 11) is 0. The lowest BCUT2D eigenvalue weighted by molar-refractivity contribution is -0.121. The van der Waals surface area contributed by atoms with E-state index in [9.17, 15) is 9.59 Å². The van der Waals surface area contributed by atoms with Gasteiger partial charge < -0.3 is 10.2 Å². The van der Waals surface area contributed by atoms with Crippen LogP contribution in [-0.2, 0) is 4.79 Å².